The van der Waals surface area contributed by atoms with Crippen molar-refractivity contribution in [2.45, 2.75) is 117 Å². The van der Waals surface area contributed by atoms with E-state index in [2.05, 4.69) is 20.8 Å². The summed E-state index contributed by atoms with van der Waals surface area (Å²) >= 11 is 0. The molecule has 0 bridgehead atoms. The molecule has 1 aliphatic carbocycles. The largest absolute Gasteiger partial charge is 0.230 e. The van der Waals surface area contributed by atoms with E-state index in [1.54, 1.807) is 0 Å². The fourth-order valence-electron chi connectivity index (χ4n) is 2.57. The van der Waals surface area contributed by atoms with E-state index in [-0.39, 0.29) is 23.4 Å². The number of hydrogen-bond donors (Lipinski definition) is 0. The molecule has 0 radical (unpaired) electrons. The molecule has 3 atom stereocenters. The van der Waals surface area contributed by atoms with Crippen molar-refractivity contribution in [1.82, 2.24) is 0 Å². The van der Waals surface area contributed by atoms with E-state index in [1.165, 1.54) is 19.3 Å². The standard InChI is InChI=1S/C19H38O4/c1-8-11-15-12-13-16(20-22-18(4,5)9-2)17(14-15)21-23-19(6,7)10-3/h15-17H,8-14H2,1-7H3. The van der Waals surface area contributed by atoms with Crippen LogP contribution in [0, 0.1) is 5.92 Å². The summed E-state index contributed by atoms with van der Waals surface area (Å²) < 4.78 is 0. The van der Waals surface area contributed by atoms with Gasteiger partial charge in [-0.15, -0.1) is 0 Å². The molecule has 0 saturated heterocycles. The molecular weight excluding hydrogens is 292 g/mol. The molecule has 0 aromatic carbocycles. The second-order valence-corrected chi connectivity index (χ2v) is 8.13. The average Bonchev–Trinajstić information content (AvgIpc) is 2.52. The molecule has 0 aromatic heterocycles. The van der Waals surface area contributed by atoms with Crippen molar-refractivity contribution in [2.24, 2.45) is 5.92 Å². The lowest BCUT2D eigenvalue weighted by atomic mass is 9.83. The van der Waals surface area contributed by atoms with Crippen molar-refractivity contribution >= 4 is 0 Å². The summed E-state index contributed by atoms with van der Waals surface area (Å²) in [6.45, 7) is 14.6. The van der Waals surface area contributed by atoms with E-state index in [0.717, 1.165) is 25.7 Å². The van der Waals surface area contributed by atoms with E-state index in [0.29, 0.717) is 5.92 Å². The van der Waals surface area contributed by atoms with Crippen LogP contribution in [0.2, 0.25) is 0 Å². The van der Waals surface area contributed by atoms with Crippen molar-refractivity contribution in [2.75, 3.05) is 0 Å². The highest BCUT2D eigenvalue weighted by Crippen LogP contribution is 2.33. The van der Waals surface area contributed by atoms with Crippen LogP contribution in [0.25, 0.3) is 0 Å². The third kappa shape index (κ3) is 7.51. The second kappa shape index (κ2) is 9.36. The zero-order valence-corrected chi connectivity index (χ0v) is 16.3. The molecular formula is C19H38O4. The number of hydrogen-bond acceptors (Lipinski definition) is 4. The zero-order valence-electron chi connectivity index (χ0n) is 16.3. The van der Waals surface area contributed by atoms with Crippen LogP contribution in [0.4, 0.5) is 0 Å². The van der Waals surface area contributed by atoms with Gasteiger partial charge in [-0.05, 0) is 65.7 Å². The minimum Gasteiger partial charge on any atom is -0.230 e. The highest BCUT2D eigenvalue weighted by Gasteiger charge is 2.36. The van der Waals surface area contributed by atoms with Crippen LogP contribution in [-0.2, 0) is 19.6 Å². The average molecular weight is 331 g/mol. The van der Waals surface area contributed by atoms with Crippen LogP contribution in [-0.4, -0.2) is 23.4 Å². The summed E-state index contributed by atoms with van der Waals surface area (Å²) in [5.74, 6) is 0.692. The molecule has 1 fully saturated rings. The first-order valence-electron chi connectivity index (χ1n) is 9.42. The van der Waals surface area contributed by atoms with Gasteiger partial charge in [0.2, 0.25) is 0 Å². The molecule has 1 rings (SSSR count). The molecule has 3 unspecified atom stereocenters. The van der Waals surface area contributed by atoms with Crippen molar-refractivity contribution in [3.05, 3.63) is 0 Å². The zero-order chi connectivity index (χ0) is 17.5. The monoisotopic (exact) mass is 330 g/mol. The summed E-state index contributed by atoms with van der Waals surface area (Å²) in [5, 5.41) is 0. The van der Waals surface area contributed by atoms with Gasteiger partial charge in [0.1, 0.15) is 12.2 Å². The molecule has 0 aliphatic heterocycles. The maximum atomic E-state index is 5.82. The molecule has 1 saturated carbocycles. The summed E-state index contributed by atoms with van der Waals surface area (Å²) in [7, 11) is 0. The molecule has 0 N–H and O–H groups in total. The molecule has 138 valence electrons. The Hall–Kier alpha value is -0.160. The van der Waals surface area contributed by atoms with Gasteiger partial charge < -0.3 is 0 Å². The van der Waals surface area contributed by atoms with E-state index in [9.17, 15) is 0 Å². The Morgan fingerprint density at radius 1 is 0.783 bits per heavy atom. The van der Waals surface area contributed by atoms with Gasteiger partial charge in [-0.25, -0.2) is 19.6 Å². The molecule has 23 heavy (non-hydrogen) atoms. The fraction of sp³-hybridized carbons (Fsp3) is 1.00. The van der Waals surface area contributed by atoms with Crippen molar-refractivity contribution in [3.63, 3.8) is 0 Å². The Labute approximate surface area is 143 Å². The lowest BCUT2D eigenvalue weighted by molar-refractivity contribution is -0.439. The van der Waals surface area contributed by atoms with Gasteiger partial charge in [0.15, 0.2) is 0 Å². The van der Waals surface area contributed by atoms with Crippen LogP contribution in [0.1, 0.15) is 93.4 Å². The summed E-state index contributed by atoms with van der Waals surface area (Å²) in [6, 6.07) is 0. The molecule has 4 heteroatoms. The Bertz CT molecular complexity index is 327. The summed E-state index contributed by atoms with van der Waals surface area (Å²) in [5.41, 5.74) is -0.542. The van der Waals surface area contributed by atoms with E-state index in [4.69, 9.17) is 19.6 Å². The van der Waals surface area contributed by atoms with Crippen LogP contribution < -0.4 is 0 Å². The van der Waals surface area contributed by atoms with E-state index < -0.39 is 0 Å². The Morgan fingerprint density at radius 3 is 1.78 bits per heavy atom. The fourth-order valence-corrected chi connectivity index (χ4v) is 2.57. The minimum absolute atomic E-state index is 0.0541. The Morgan fingerprint density at radius 2 is 1.30 bits per heavy atom. The van der Waals surface area contributed by atoms with Crippen molar-refractivity contribution < 1.29 is 19.6 Å². The first-order chi connectivity index (χ1) is 10.7. The van der Waals surface area contributed by atoms with Gasteiger partial charge in [0.25, 0.3) is 0 Å². The van der Waals surface area contributed by atoms with E-state index >= 15 is 0 Å². The van der Waals surface area contributed by atoms with Gasteiger partial charge in [-0.2, -0.15) is 0 Å². The predicted octanol–water partition coefficient (Wildman–Crippen LogP) is 5.60. The molecule has 0 heterocycles. The van der Waals surface area contributed by atoms with Crippen LogP contribution in [0.15, 0.2) is 0 Å². The quantitative estimate of drug-likeness (QED) is 0.386. The molecule has 4 nitrogen and oxygen atoms in total. The first kappa shape index (κ1) is 20.9. The topological polar surface area (TPSA) is 36.9 Å². The Balaban J connectivity index is 2.61. The maximum absolute atomic E-state index is 5.82. The maximum Gasteiger partial charge on any atom is 0.122 e. The normalized spacial score (nSPS) is 26.5. The smallest absolute Gasteiger partial charge is 0.122 e. The SMILES string of the molecule is CCCC1CCC(OOC(C)(C)CC)C(OOC(C)(C)CC)C1. The van der Waals surface area contributed by atoms with Crippen LogP contribution >= 0.6 is 0 Å². The summed E-state index contributed by atoms with van der Waals surface area (Å²) in [6.07, 6.45) is 7.27. The molecule has 0 aromatic rings. The molecule has 0 spiro atoms. The van der Waals surface area contributed by atoms with Gasteiger partial charge in [0.05, 0.1) is 11.2 Å². The van der Waals surface area contributed by atoms with E-state index in [1.807, 2.05) is 27.7 Å². The van der Waals surface area contributed by atoms with Gasteiger partial charge >= 0.3 is 0 Å². The third-order valence-electron chi connectivity index (χ3n) is 5.03. The lowest BCUT2D eigenvalue weighted by Gasteiger charge is -2.37. The van der Waals surface area contributed by atoms with Gasteiger partial charge in [-0.3, -0.25) is 0 Å². The highest BCUT2D eigenvalue weighted by atomic mass is 17.2. The van der Waals surface area contributed by atoms with Crippen LogP contribution in [0.3, 0.4) is 0 Å². The van der Waals surface area contributed by atoms with Crippen LogP contribution in [0.5, 0.6) is 0 Å². The Kier molecular flexibility index (Phi) is 8.50. The van der Waals surface area contributed by atoms with Gasteiger partial charge in [0, 0.05) is 0 Å². The lowest BCUT2D eigenvalue weighted by Crippen LogP contribution is -2.41. The predicted molar refractivity (Wildman–Crippen MR) is 92.9 cm³/mol. The highest BCUT2D eigenvalue weighted by molar-refractivity contribution is 4.81. The second-order valence-electron chi connectivity index (χ2n) is 8.13. The summed E-state index contributed by atoms with van der Waals surface area (Å²) in [4.78, 5) is 23.0. The first-order valence-corrected chi connectivity index (χ1v) is 9.42. The number of rotatable bonds is 10. The molecule has 1 aliphatic rings. The van der Waals surface area contributed by atoms with Crippen molar-refractivity contribution in [3.8, 4) is 0 Å². The van der Waals surface area contributed by atoms with Gasteiger partial charge in [-0.1, -0.05) is 33.6 Å². The minimum atomic E-state index is -0.272. The van der Waals surface area contributed by atoms with Crippen molar-refractivity contribution in [1.29, 1.82) is 0 Å². The third-order valence-corrected chi connectivity index (χ3v) is 5.03. The molecule has 0 amide bonds.